The van der Waals surface area contributed by atoms with E-state index in [2.05, 4.69) is 9.97 Å². The van der Waals surface area contributed by atoms with Gasteiger partial charge in [0.1, 0.15) is 11.6 Å². The number of hydrogen-bond acceptors (Lipinski definition) is 6. The van der Waals surface area contributed by atoms with Gasteiger partial charge in [0.05, 0.1) is 18.3 Å². The van der Waals surface area contributed by atoms with Crippen LogP contribution in [0.2, 0.25) is 0 Å². The molecule has 0 N–H and O–H groups in total. The normalized spacial score (nSPS) is 16.3. The minimum atomic E-state index is -0.248. The number of aromatic nitrogens is 2. The molecule has 2 heterocycles. The average Bonchev–Trinajstić information content (AvgIpc) is 2.92. The van der Waals surface area contributed by atoms with E-state index < -0.39 is 0 Å². The molecule has 1 aromatic heterocycles. The smallest absolute Gasteiger partial charge is 0.338 e. The Bertz CT molecular complexity index is 1050. The van der Waals surface area contributed by atoms with E-state index >= 15 is 0 Å². The topological polar surface area (TPSA) is 70.5 Å². The monoisotopic (exact) mass is 488 g/mol. The van der Waals surface area contributed by atoms with Crippen molar-refractivity contribution in [1.82, 2.24) is 9.97 Å². The third-order valence-corrected chi connectivity index (χ3v) is 6.38. The first-order chi connectivity index (χ1) is 17.7. The van der Waals surface area contributed by atoms with Gasteiger partial charge in [0.25, 0.3) is 0 Å². The van der Waals surface area contributed by atoms with Gasteiger partial charge in [-0.1, -0.05) is 43.2 Å². The second kappa shape index (κ2) is 13.7. The van der Waals surface area contributed by atoms with E-state index in [4.69, 9.17) is 14.2 Å². The molecule has 4 rings (SSSR count). The van der Waals surface area contributed by atoms with Gasteiger partial charge in [-0.2, -0.15) is 0 Å². The van der Waals surface area contributed by atoms with Crippen LogP contribution in [0, 0.1) is 0 Å². The van der Waals surface area contributed by atoms with Crippen LogP contribution in [0.3, 0.4) is 0 Å². The molecular weight excluding hydrogens is 452 g/mol. The van der Waals surface area contributed by atoms with Crippen molar-refractivity contribution in [2.24, 2.45) is 0 Å². The Morgan fingerprint density at radius 3 is 2.42 bits per heavy atom. The van der Waals surface area contributed by atoms with E-state index in [9.17, 15) is 4.79 Å². The minimum Gasteiger partial charge on any atom is -0.465 e. The van der Waals surface area contributed by atoms with Gasteiger partial charge in [0, 0.05) is 30.8 Å². The van der Waals surface area contributed by atoms with Crippen LogP contribution in [0.1, 0.15) is 74.5 Å². The Kier molecular flexibility index (Phi) is 9.86. The number of nitrogens with zero attached hydrogens (tertiary/aromatic N) is 2. The second-order valence-corrected chi connectivity index (χ2v) is 9.36. The lowest BCUT2D eigenvalue weighted by molar-refractivity contribution is -0.105. The SMILES string of the molecule is CC(CCCCCCc1ncc(-c2ccc(OC3CCCCO3)cc2)cn1)OC(=O)c1ccccc1. The summed E-state index contributed by atoms with van der Waals surface area (Å²) in [6.07, 6.45) is 12.8. The Balaban J connectivity index is 1.11. The van der Waals surface area contributed by atoms with E-state index in [1.165, 1.54) is 0 Å². The molecule has 0 aliphatic carbocycles. The molecule has 190 valence electrons. The molecule has 0 spiro atoms. The van der Waals surface area contributed by atoms with Gasteiger partial charge in [0.2, 0.25) is 0 Å². The second-order valence-electron chi connectivity index (χ2n) is 9.36. The van der Waals surface area contributed by atoms with Gasteiger partial charge in [0.15, 0.2) is 6.29 Å². The average molecular weight is 489 g/mol. The summed E-state index contributed by atoms with van der Waals surface area (Å²) in [5.41, 5.74) is 2.67. The van der Waals surface area contributed by atoms with Crippen LogP contribution in [-0.2, 0) is 15.9 Å². The lowest BCUT2D eigenvalue weighted by Gasteiger charge is -2.23. The highest BCUT2D eigenvalue weighted by Crippen LogP contribution is 2.24. The first kappa shape index (κ1) is 25.8. The van der Waals surface area contributed by atoms with E-state index in [-0.39, 0.29) is 18.4 Å². The summed E-state index contributed by atoms with van der Waals surface area (Å²) in [5, 5.41) is 0. The van der Waals surface area contributed by atoms with Gasteiger partial charge in [-0.15, -0.1) is 0 Å². The quantitative estimate of drug-likeness (QED) is 0.207. The summed E-state index contributed by atoms with van der Waals surface area (Å²) >= 11 is 0. The van der Waals surface area contributed by atoms with E-state index in [1.807, 2.05) is 61.8 Å². The van der Waals surface area contributed by atoms with Crippen LogP contribution in [-0.4, -0.2) is 34.9 Å². The highest BCUT2D eigenvalue weighted by Gasteiger charge is 2.15. The van der Waals surface area contributed by atoms with E-state index in [0.717, 1.165) is 87.1 Å². The number of benzene rings is 2. The number of esters is 1. The Labute approximate surface area is 214 Å². The first-order valence-corrected chi connectivity index (χ1v) is 13.1. The van der Waals surface area contributed by atoms with E-state index in [0.29, 0.717) is 5.56 Å². The van der Waals surface area contributed by atoms with Crippen molar-refractivity contribution in [3.63, 3.8) is 0 Å². The standard InChI is InChI=1S/C30H36N2O4/c1-23(35-30(33)25-12-6-4-7-13-25)11-5-2-3-8-14-28-31-21-26(22-32-28)24-16-18-27(19-17-24)36-29-15-9-10-20-34-29/h4,6-7,12-13,16-19,21-23,29H,2-3,5,8-11,14-15,20H2,1H3. The molecule has 36 heavy (non-hydrogen) atoms. The Morgan fingerprint density at radius 1 is 0.944 bits per heavy atom. The van der Waals surface area contributed by atoms with Crippen LogP contribution >= 0.6 is 0 Å². The molecule has 0 saturated carbocycles. The molecule has 1 fully saturated rings. The molecule has 6 heteroatoms. The third kappa shape index (κ3) is 8.16. The number of aryl methyl sites for hydroxylation is 1. The number of ether oxygens (including phenoxy) is 3. The van der Waals surface area contributed by atoms with Gasteiger partial charge in [-0.25, -0.2) is 14.8 Å². The number of rotatable bonds is 12. The molecule has 1 aliphatic rings. The maximum Gasteiger partial charge on any atom is 0.338 e. The summed E-state index contributed by atoms with van der Waals surface area (Å²) in [6, 6.07) is 17.2. The molecule has 2 aromatic carbocycles. The molecule has 1 aliphatic heterocycles. The lowest BCUT2D eigenvalue weighted by Crippen LogP contribution is -2.24. The molecular formula is C30H36N2O4. The van der Waals surface area contributed by atoms with Crippen molar-refractivity contribution in [3.05, 3.63) is 78.4 Å². The van der Waals surface area contributed by atoms with Crippen molar-refractivity contribution < 1.29 is 19.0 Å². The molecule has 0 amide bonds. The fourth-order valence-corrected chi connectivity index (χ4v) is 4.27. The first-order valence-electron chi connectivity index (χ1n) is 13.1. The highest BCUT2D eigenvalue weighted by molar-refractivity contribution is 5.89. The van der Waals surface area contributed by atoms with Crippen LogP contribution in [0.4, 0.5) is 0 Å². The molecule has 0 bridgehead atoms. The van der Waals surface area contributed by atoms with Crippen molar-refractivity contribution in [2.45, 2.75) is 77.1 Å². The van der Waals surface area contributed by atoms with Gasteiger partial charge >= 0.3 is 5.97 Å². The van der Waals surface area contributed by atoms with Crippen LogP contribution < -0.4 is 4.74 Å². The summed E-state index contributed by atoms with van der Waals surface area (Å²) in [7, 11) is 0. The van der Waals surface area contributed by atoms with Crippen molar-refractivity contribution in [3.8, 4) is 16.9 Å². The highest BCUT2D eigenvalue weighted by atomic mass is 16.7. The maximum atomic E-state index is 12.1. The molecule has 0 radical (unpaired) electrons. The predicted molar refractivity (Wildman–Crippen MR) is 140 cm³/mol. The molecule has 3 aromatic rings. The van der Waals surface area contributed by atoms with Crippen LogP contribution in [0.25, 0.3) is 11.1 Å². The number of unbranched alkanes of at least 4 members (excludes halogenated alkanes) is 3. The Hall–Kier alpha value is -3.25. The zero-order valence-electron chi connectivity index (χ0n) is 21.1. The van der Waals surface area contributed by atoms with Crippen LogP contribution in [0.15, 0.2) is 67.0 Å². The summed E-state index contributed by atoms with van der Waals surface area (Å²) in [4.78, 5) is 21.2. The van der Waals surface area contributed by atoms with Crippen molar-refractivity contribution in [2.75, 3.05) is 6.61 Å². The molecule has 2 atom stereocenters. The largest absolute Gasteiger partial charge is 0.465 e. The summed E-state index contributed by atoms with van der Waals surface area (Å²) in [5.74, 6) is 1.45. The fraction of sp³-hybridized carbons (Fsp3) is 0.433. The predicted octanol–water partition coefficient (Wildman–Crippen LogP) is 6.79. The van der Waals surface area contributed by atoms with Gasteiger partial charge < -0.3 is 14.2 Å². The number of hydrogen-bond donors (Lipinski definition) is 0. The van der Waals surface area contributed by atoms with E-state index in [1.54, 1.807) is 12.1 Å². The molecule has 6 nitrogen and oxygen atoms in total. The molecule has 1 saturated heterocycles. The lowest BCUT2D eigenvalue weighted by atomic mass is 10.1. The third-order valence-electron chi connectivity index (χ3n) is 6.38. The zero-order chi connectivity index (χ0) is 25.0. The fourth-order valence-electron chi connectivity index (χ4n) is 4.27. The Morgan fingerprint density at radius 2 is 1.69 bits per heavy atom. The maximum absolute atomic E-state index is 12.1. The molecule has 2 unspecified atom stereocenters. The number of carbonyl (C=O) groups excluding carboxylic acids is 1. The summed E-state index contributed by atoms with van der Waals surface area (Å²) < 4.78 is 17.1. The number of carbonyl (C=O) groups is 1. The van der Waals surface area contributed by atoms with Crippen LogP contribution in [0.5, 0.6) is 5.75 Å². The van der Waals surface area contributed by atoms with Gasteiger partial charge in [-0.3, -0.25) is 0 Å². The van der Waals surface area contributed by atoms with Crippen molar-refractivity contribution in [1.29, 1.82) is 0 Å². The minimum absolute atomic E-state index is 0.0743. The van der Waals surface area contributed by atoms with Crippen molar-refractivity contribution >= 4 is 5.97 Å². The zero-order valence-corrected chi connectivity index (χ0v) is 21.1. The summed E-state index contributed by atoms with van der Waals surface area (Å²) in [6.45, 7) is 2.74. The van der Waals surface area contributed by atoms with Gasteiger partial charge in [-0.05, 0) is 68.9 Å².